The van der Waals surface area contributed by atoms with Gasteiger partial charge in [0.2, 0.25) is 0 Å². The number of amides is 1. The molecule has 3 aromatic heterocycles. The molecule has 0 aliphatic carbocycles. The van der Waals surface area contributed by atoms with Crippen LogP contribution in [0.1, 0.15) is 10.5 Å². The summed E-state index contributed by atoms with van der Waals surface area (Å²) in [5, 5.41) is 9.52. The molecule has 0 radical (unpaired) electrons. The van der Waals surface area contributed by atoms with Crippen LogP contribution in [0, 0.1) is 0 Å². The molecule has 8 heteroatoms. The van der Waals surface area contributed by atoms with Crippen LogP contribution in [0.15, 0.2) is 72.4 Å². The molecular weight excluding hydrogens is 410 g/mol. The van der Waals surface area contributed by atoms with E-state index in [0.717, 1.165) is 27.5 Å². The number of nitrogens with zero attached hydrogens (tertiary/aromatic N) is 4. The predicted octanol–water partition coefficient (Wildman–Crippen LogP) is 4.72. The number of methoxy groups -OCH3 is 1. The number of thiazole rings is 1. The largest absolute Gasteiger partial charge is 0.497 e. The maximum atomic E-state index is 13.1. The van der Waals surface area contributed by atoms with Crippen LogP contribution < -0.4 is 10.1 Å². The van der Waals surface area contributed by atoms with Crippen LogP contribution in [0.2, 0.25) is 0 Å². The van der Waals surface area contributed by atoms with Crippen molar-refractivity contribution in [2.75, 3.05) is 12.4 Å². The van der Waals surface area contributed by atoms with Gasteiger partial charge in [0.25, 0.3) is 5.91 Å². The Bertz CT molecular complexity index is 1370. The highest BCUT2D eigenvalue weighted by Gasteiger charge is 2.17. The van der Waals surface area contributed by atoms with E-state index in [4.69, 9.17) is 4.74 Å². The SMILES string of the molecule is COc1cccc(-c2cc(C(=O)Nc3ccccc3-c3cn4ccsc4n3)n(C)n2)c1. The number of hydrogen-bond donors (Lipinski definition) is 1. The Labute approximate surface area is 182 Å². The number of carbonyl (C=O) groups excluding carboxylic acids is 1. The first kappa shape index (κ1) is 19.1. The highest BCUT2D eigenvalue weighted by atomic mass is 32.1. The van der Waals surface area contributed by atoms with Crippen LogP contribution in [0.5, 0.6) is 5.75 Å². The number of benzene rings is 2. The van der Waals surface area contributed by atoms with Crippen molar-refractivity contribution in [2.45, 2.75) is 0 Å². The highest BCUT2D eigenvalue weighted by Crippen LogP contribution is 2.29. The summed E-state index contributed by atoms with van der Waals surface area (Å²) < 4.78 is 8.85. The van der Waals surface area contributed by atoms with Crippen molar-refractivity contribution in [3.63, 3.8) is 0 Å². The second-order valence-corrected chi connectivity index (χ2v) is 7.86. The van der Waals surface area contributed by atoms with Crippen molar-refractivity contribution in [1.29, 1.82) is 0 Å². The van der Waals surface area contributed by atoms with Crippen LogP contribution in [-0.2, 0) is 7.05 Å². The van der Waals surface area contributed by atoms with Gasteiger partial charge in [0, 0.05) is 35.9 Å². The van der Waals surface area contributed by atoms with E-state index < -0.39 is 0 Å². The van der Waals surface area contributed by atoms with E-state index in [-0.39, 0.29) is 5.91 Å². The molecule has 1 amide bonds. The van der Waals surface area contributed by atoms with Crippen molar-refractivity contribution < 1.29 is 9.53 Å². The van der Waals surface area contributed by atoms with E-state index >= 15 is 0 Å². The van der Waals surface area contributed by atoms with Gasteiger partial charge in [0.15, 0.2) is 4.96 Å². The van der Waals surface area contributed by atoms with Gasteiger partial charge in [-0.2, -0.15) is 5.10 Å². The lowest BCUT2D eigenvalue weighted by Crippen LogP contribution is -2.16. The first-order valence-electron chi connectivity index (χ1n) is 9.64. The molecule has 7 nitrogen and oxygen atoms in total. The first-order valence-corrected chi connectivity index (χ1v) is 10.5. The molecule has 0 fully saturated rings. The third kappa shape index (κ3) is 3.57. The lowest BCUT2D eigenvalue weighted by Gasteiger charge is -2.09. The maximum Gasteiger partial charge on any atom is 0.273 e. The normalized spacial score (nSPS) is 11.0. The molecule has 0 saturated heterocycles. The van der Waals surface area contributed by atoms with Crippen molar-refractivity contribution in [3.05, 3.63) is 78.1 Å². The first-order chi connectivity index (χ1) is 15.1. The maximum absolute atomic E-state index is 13.1. The van der Waals surface area contributed by atoms with Gasteiger partial charge in [-0.1, -0.05) is 30.3 Å². The molecule has 0 atom stereocenters. The van der Waals surface area contributed by atoms with Gasteiger partial charge < -0.3 is 10.1 Å². The summed E-state index contributed by atoms with van der Waals surface area (Å²) in [4.78, 5) is 18.7. The summed E-state index contributed by atoms with van der Waals surface area (Å²) in [6.07, 6.45) is 3.93. The topological polar surface area (TPSA) is 73.4 Å². The van der Waals surface area contributed by atoms with E-state index in [1.54, 1.807) is 36.2 Å². The lowest BCUT2D eigenvalue weighted by atomic mass is 10.1. The van der Waals surface area contributed by atoms with Gasteiger partial charge >= 0.3 is 0 Å². The number of carbonyl (C=O) groups is 1. The average molecular weight is 430 g/mol. The molecule has 5 aromatic rings. The molecule has 0 saturated carbocycles. The summed E-state index contributed by atoms with van der Waals surface area (Å²) in [7, 11) is 3.38. The van der Waals surface area contributed by atoms with Crippen LogP contribution in [0.25, 0.3) is 27.5 Å². The summed E-state index contributed by atoms with van der Waals surface area (Å²) in [6, 6.07) is 17.0. The number of fused-ring (bicyclic) bond motifs is 1. The van der Waals surface area contributed by atoms with Crippen LogP contribution >= 0.6 is 11.3 Å². The fourth-order valence-electron chi connectivity index (χ4n) is 3.46. The molecule has 3 heterocycles. The van der Waals surface area contributed by atoms with Gasteiger partial charge in [-0.25, -0.2) is 4.98 Å². The summed E-state index contributed by atoms with van der Waals surface area (Å²) >= 11 is 1.57. The second kappa shape index (κ2) is 7.73. The number of hydrogen-bond acceptors (Lipinski definition) is 5. The van der Waals surface area contributed by atoms with Gasteiger partial charge in [-0.15, -0.1) is 11.3 Å². The minimum Gasteiger partial charge on any atom is -0.497 e. The zero-order valence-electron chi connectivity index (χ0n) is 16.9. The van der Waals surface area contributed by atoms with Crippen LogP contribution in [-0.4, -0.2) is 32.2 Å². The molecule has 5 rings (SSSR count). The summed E-state index contributed by atoms with van der Waals surface area (Å²) in [5.41, 5.74) is 4.41. The second-order valence-electron chi connectivity index (χ2n) is 6.99. The van der Waals surface area contributed by atoms with Crippen molar-refractivity contribution in [3.8, 4) is 28.3 Å². The van der Waals surface area contributed by atoms with E-state index in [9.17, 15) is 4.79 Å². The van der Waals surface area contributed by atoms with Gasteiger partial charge in [0.05, 0.1) is 24.2 Å². The third-order valence-corrected chi connectivity index (χ3v) is 5.79. The Hall–Kier alpha value is -3.91. The quantitative estimate of drug-likeness (QED) is 0.439. The predicted molar refractivity (Wildman–Crippen MR) is 122 cm³/mol. The molecule has 0 bridgehead atoms. The van der Waals surface area contributed by atoms with E-state index in [2.05, 4.69) is 15.4 Å². The van der Waals surface area contributed by atoms with Crippen molar-refractivity contribution in [2.24, 2.45) is 7.05 Å². The number of para-hydroxylation sites is 1. The standard InChI is InChI=1S/C23H19N5O2S/c1-27-21(13-19(26-27)15-6-5-7-16(12-15)30-2)22(29)24-18-9-4-3-8-17(18)20-14-28-10-11-31-23(28)25-20/h3-14H,1-2H3,(H,24,29). The fourth-order valence-corrected chi connectivity index (χ4v) is 4.16. The van der Waals surface area contributed by atoms with Gasteiger partial charge in [-0.3, -0.25) is 13.9 Å². The van der Waals surface area contributed by atoms with E-state index in [1.165, 1.54) is 0 Å². The van der Waals surface area contributed by atoms with Crippen molar-refractivity contribution >= 4 is 27.9 Å². The molecule has 0 unspecified atom stereocenters. The number of anilines is 1. The minimum absolute atomic E-state index is 0.238. The monoisotopic (exact) mass is 429 g/mol. The van der Waals surface area contributed by atoms with Crippen molar-refractivity contribution in [1.82, 2.24) is 19.2 Å². The summed E-state index contributed by atoms with van der Waals surface area (Å²) in [5.74, 6) is 0.501. The Morgan fingerprint density at radius 1 is 1.10 bits per heavy atom. The lowest BCUT2D eigenvalue weighted by molar-refractivity contribution is 0.101. The Balaban J connectivity index is 1.45. The minimum atomic E-state index is -0.238. The zero-order valence-corrected chi connectivity index (χ0v) is 17.8. The average Bonchev–Trinajstić information content (AvgIpc) is 3.49. The molecular formula is C23H19N5O2S. The Morgan fingerprint density at radius 3 is 2.81 bits per heavy atom. The third-order valence-electron chi connectivity index (χ3n) is 5.02. The summed E-state index contributed by atoms with van der Waals surface area (Å²) in [6.45, 7) is 0. The molecule has 31 heavy (non-hydrogen) atoms. The van der Waals surface area contributed by atoms with Gasteiger partial charge in [-0.05, 0) is 24.3 Å². The molecule has 0 spiro atoms. The highest BCUT2D eigenvalue weighted by molar-refractivity contribution is 7.15. The Morgan fingerprint density at radius 2 is 1.97 bits per heavy atom. The smallest absolute Gasteiger partial charge is 0.273 e. The molecule has 0 aliphatic rings. The number of imidazole rings is 1. The molecule has 1 N–H and O–H groups in total. The molecule has 0 aliphatic heterocycles. The van der Waals surface area contributed by atoms with Gasteiger partial charge in [0.1, 0.15) is 11.4 Å². The van der Waals surface area contributed by atoms with Crippen LogP contribution in [0.4, 0.5) is 5.69 Å². The van der Waals surface area contributed by atoms with E-state index in [0.29, 0.717) is 17.1 Å². The number of nitrogens with one attached hydrogen (secondary N) is 1. The van der Waals surface area contributed by atoms with Crippen LogP contribution in [0.3, 0.4) is 0 Å². The zero-order chi connectivity index (χ0) is 21.4. The molecule has 154 valence electrons. The fraction of sp³-hybridized carbons (Fsp3) is 0.0870. The van der Waals surface area contributed by atoms with E-state index in [1.807, 2.05) is 70.7 Å². The number of aryl methyl sites for hydroxylation is 1. The Kier molecular flexibility index (Phi) is 4.76. The number of ether oxygens (including phenoxy) is 1. The molecule has 2 aromatic carbocycles. The number of aromatic nitrogens is 4. The number of rotatable bonds is 5.